The molecule has 0 spiro atoms. The second-order valence-electron chi connectivity index (χ2n) is 2.90. The van der Waals surface area contributed by atoms with Gasteiger partial charge in [0.15, 0.2) is 0 Å². The van der Waals surface area contributed by atoms with Gasteiger partial charge in [0, 0.05) is 14.1 Å². The number of nitrogens with zero attached hydrogens (tertiary/aromatic N) is 1. The van der Waals surface area contributed by atoms with E-state index < -0.39 is 0 Å². The topological polar surface area (TPSA) is 29.5 Å². The molecule has 0 aromatic heterocycles. The van der Waals surface area contributed by atoms with Crippen molar-refractivity contribution in [1.82, 2.24) is 0 Å². The van der Waals surface area contributed by atoms with Gasteiger partial charge in [-0.1, -0.05) is 26.0 Å². The van der Waals surface area contributed by atoms with Crippen LogP contribution < -0.4 is 4.90 Å². The van der Waals surface area contributed by atoms with Gasteiger partial charge in [-0.3, -0.25) is 0 Å². The number of anilines is 1. The average Bonchev–Trinajstić information content (AvgIpc) is 2.30. The quantitative estimate of drug-likeness (QED) is 0.701. The average molecular weight is 209 g/mol. The fraction of sp³-hybridized carbons (Fsp3) is 0.417. The van der Waals surface area contributed by atoms with Crippen LogP contribution in [0.2, 0.25) is 0 Å². The molecule has 1 aromatic rings. The molecule has 0 N–H and O–H groups in total. The van der Waals surface area contributed by atoms with Gasteiger partial charge in [0.05, 0.1) is 18.4 Å². The van der Waals surface area contributed by atoms with Gasteiger partial charge in [0.1, 0.15) is 0 Å². The first kappa shape index (κ1) is 13.5. The van der Waals surface area contributed by atoms with E-state index in [0.717, 1.165) is 5.69 Å². The molecule has 84 valence electrons. The van der Waals surface area contributed by atoms with Crippen molar-refractivity contribution in [3.63, 3.8) is 0 Å². The van der Waals surface area contributed by atoms with E-state index >= 15 is 0 Å². The first-order chi connectivity index (χ1) is 7.16. The summed E-state index contributed by atoms with van der Waals surface area (Å²) in [6.45, 7) is 4.00. The Balaban J connectivity index is 0.000000921. The first-order valence-electron chi connectivity index (χ1n) is 5.01. The zero-order chi connectivity index (χ0) is 11.8. The van der Waals surface area contributed by atoms with Crippen LogP contribution in [0.5, 0.6) is 0 Å². The molecule has 0 bridgehead atoms. The Bertz CT molecular complexity index is 308. The first-order valence-corrected chi connectivity index (χ1v) is 5.01. The van der Waals surface area contributed by atoms with Crippen LogP contribution >= 0.6 is 0 Å². The zero-order valence-corrected chi connectivity index (χ0v) is 10.1. The second-order valence-corrected chi connectivity index (χ2v) is 2.90. The monoisotopic (exact) mass is 209 g/mol. The molecular formula is C12H19NO2. The number of hydrogen-bond donors (Lipinski definition) is 0. The number of hydrogen-bond acceptors (Lipinski definition) is 3. The number of rotatable bonds is 2. The molecule has 0 aliphatic carbocycles. The lowest BCUT2D eigenvalue weighted by Gasteiger charge is -2.15. The van der Waals surface area contributed by atoms with Crippen molar-refractivity contribution in [2.24, 2.45) is 0 Å². The van der Waals surface area contributed by atoms with Crippen molar-refractivity contribution < 1.29 is 9.53 Å². The minimum atomic E-state index is -0.302. The molecule has 0 aliphatic rings. The molecule has 0 radical (unpaired) electrons. The van der Waals surface area contributed by atoms with Crippen LogP contribution in [-0.2, 0) is 4.74 Å². The van der Waals surface area contributed by atoms with Gasteiger partial charge >= 0.3 is 5.97 Å². The van der Waals surface area contributed by atoms with Gasteiger partial charge in [0.2, 0.25) is 0 Å². The largest absolute Gasteiger partial charge is 0.465 e. The molecule has 15 heavy (non-hydrogen) atoms. The number of carbonyl (C=O) groups excluding carboxylic acids is 1. The molecule has 0 unspecified atom stereocenters. The van der Waals surface area contributed by atoms with Gasteiger partial charge in [0.25, 0.3) is 0 Å². The fourth-order valence-electron chi connectivity index (χ4n) is 1.15. The minimum absolute atomic E-state index is 0.302. The Morgan fingerprint density at radius 2 is 1.73 bits per heavy atom. The molecule has 3 nitrogen and oxygen atoms in total. The Labute approximate surface area is 91.7 Å². The van der Waals surface area contributed by atoms with Gasteiger partial charge in [-0.2, -0.15) is 0 Å². The molecule has 1 aromatic carbocycles. The Hall–Kier alpha value is -1.51. The second kappa shape index (κ2) is 6.87. The van der Waals surface area contributed by atoms with Crippen molar-refractivity contribution in [2.75, 3.05) is 26.1 Å². The van der Waals surface area contributed by atoms with Gasteiger partial charge in [-0.05, 0) is 12.1 Å². The maximum atomic E-state index is 11.3. The van der Waals surface area contributed by atoms with Crippen LogP contribution in [0.3, 0.4) is 0 Å². The Kier molecular flexibility index (Phi) is 6.18. The highest BCUT2D eigenvalue weighted by molar-refractivity contribution is 5.95. The van der Waals surface area contributed by atoms with E-state index in [1.807, 2.05) is 51.0 Å². The highest BCUT2D eigenvalue weighted by Gasteiger charge is 2.11. The third-order valence-corrected chi connectivity index (χ3v) is 1.79. The molecule has 0 heterocycles. The number of para-hydroxylation sites is 1. The molecular weight excluding hydrogens is 190 g/mol. The Morgan fingerprint density at radius 1 is 1.20 bits per heavy atom. The Morgan fingerprint density at radius 3 is 2.20 bits per heavy atom. The minimum Gasteiger partial charge on any atom is -0.465 e. The summed E-state index contributed by atoms with van der Waals surface area (Å²) in [4.78, 5) is 13.2. The smallest absolute Gasteiger partial charge is 0.339 e. The normalized spacial score (nSPS) is 8.60. The summed E-state index contributed by atoms with van der Waals surface area (Å²) in [5.41, 5.74) is 1.46. The van der Waals surface area contributed by atoms with E-state index in [1.54, 1.807) is 6.07 Å². The summed E-state index contributed by atoms with van der Waals surface area (Å²) < 4.78 is 4.66. The summed E-state index contributed by atoms with van der Waals surface area (Å²) in [6.07, 6.45) is 0. The SMILES string of the molecule is CC.COC(=O)c1ccccc1N(C)C. The van der Waals surface area contributed by atoms with Crippen LogP contribution in [0.1, 0.15) is 24.2 Å². The molecule has 0 saturated carbocycles. The number of benzene rings is 1. The van der Waals surface area contributed by atoms with Gasteiger partial charge in [-0.15, -0.1) is 0 Å². The van der Waals surface area contributed by atoms with Crippen molar-refractivity contribution in [3.05, 3.63) is 29.8 Å². The zero-order valence-electron chi connectivity index (χ0n) is 10.1. The number of esters is 1. The predicted molar refractivity (Wildman–Crippen MR) is 63.5 cm³/mol. The van der Waals surface area contributed by atoms with E-state index in [1.165, 1.54) is 7.11 Å². The maximum Gasteiger partial charge on any atom is 0.339 e. The van der Waals surface area contributed by atoms with Crippen molar-refractivity contribution in [2.45, 2.75) is 13.8 Å². The van der Waals surface area contributed by atoms with Crippen LogP contribution in [0.15, 0.2) is 24.3 Å². The van der Waals surface area contributed by atoms with E-state index in [4.69, 9.17) is 0 Å². The molecule has 0 saturated heterocycles. The third kappa shape index (κ3) is 3.62. The lowest BCUT2D eigenvalue weighted by Crippen LogP contribution is -2.14. The van der Waals surface area contributed by atoms with E-state index in [2.05, 4.69) is 4.74 Å². The van der Waals surface area contributed by atoms with Crippen molar-refractivity contribution >= 4 is 11.7 Å². The van der Waals surface area contributed by atoms with Gasteiger partial charge in [-0.25, -0.2) is 4.79 Å². The molecule has 0 fully saturated rings. The number of methoxy groups -OCH3 is 1. The summed E-state index contributed by atoms with van der Waals surface area (Å²) in [5.74, 6) is -0.302. The summed E-state index contributed by atoms with van der Waals surface area (Å²) >= 11 is 0. The molecule has 3 heteroatoms. The molecule has 0 amide bonds. The van der Waals surface area contributed by atoms with E-state index in [9.17, 15) is 4.79 Å². The number of ether oxygens (including phenoxy) is 1. The van der Waals surface area contributed by atoms with Crippen LogP contribution in [-0.4, -0.2) is 27.2 Å². The van der Waals surface area contributed by atoms with Crippen LogP contribution in [0, 0.1) is 0 Å². The maximum absolute atomic E-state index is 11.3. The van der Waals surface area contributed by atoms with E-state index in [-0.39, 0.29) is 5.97 Å². The van der Waals surface area contributed by atoms with Crippen LogP contribution in [0.25, 0.3) is 0 Å². The standard InChI is InChI=1S/C10H13NO2.C2H6/c1-11(2)9-7-5-4-6-8(9)10(12)13-3;1-2/h4-7H,1-3H3;1-2H3. The third-order valence-electron chi connectivity index (χ3n) is 1.79. The lowest BCUT2D eigenvalue weighted by molar-refractivity contribution is 0.0601. The van der Waals surface area contributed by atoms with E-state index in [0.29, 0.717) is 5.56 Å². The summed E-state index contributed by atoms with van der Waals surface area (Å²) in [7, 11) is 5.16. The van der Waals surface area contributed by atoms with Crippen molar-refractivity contribution in [3.8, 4) is 0 Å². The summed E-state index contributed by atoms with van der Waals surface area (Å²) in [6, 6.07) is 7.34. The number of carbonyl (C=O) groups is 1. The van der Waals surface area contributed by atoms with Crippen molar-refractivity contribution in [1.29, 1.82) is 0 Å². The molecule has 0 atom stereocenters. The fourth-order valence-corrected chi connectivity index (χ4v) is 1.15. The van der Waals surface area contributed by atoms with Gasteiger partial charge < -0.3 is 9.64 Å². The highest BCUT2D eigenvalue weighted by Crippen LogP contribution is 2.18. The van der Waals surface area contributed by atoms with Crippen LogP contribution in [0.4, 0.5) is 5.69 Å². The highest BCUT2D eigenvalue weighted by atomic mass is 16.5. The lowest BCUT2D eigenvalue weighted by atomic mass is 10.1. The predicted octanol–water partition coefficient (Wildman–Crippen LogP) is 2.57. The summed E-state index contributed by atoms with van der Waals surface area (Å²) in [5, 5.41) is 0. The molecule has 0 aliphatic heterocycles. The molecule has 1 rings (SSSR count).